The zero-order valence-corrected chi connectivity index (χ0v) is 12.5. The zero-order valence-electron chi connectivity index (χ0n) is 10.9. The lowest BCUT2D eigenvalue weighted by atomic mass is 10.2. The van der Waals surface area contributed by atoms with Crippen LogP contribution in [0.15, 0.2) is 35.0 Å². The van der Waals surface area contributed by atoms with Crippen LogP contribution in [-0.4, -0.2) is 30.5 Å². The van der Waals surface area contributed by atoms with Crippen LogP contribution in [0.4, 0.5) is 4.39 Å². The smallest absolute Gasteiger partial charge is 0.248 e. The summed E-state index contributed by atoms with van der Waals surface area (Å²) in [6, 6.07) is 5.92. The Morgan fingerprint density at radius 1 is 1.24 bits per heavy atom. The fourth-order valence-corrected chi connectivity index (χ4v) is 2.21. The average Bonchev–Trinajstić information content (AvgIpc) is 3.11. The van der Waals surface area contributed by atoms with Gasteiger partial charge in [0.15, 0.2) is 0 Å². The van der Waals surface area contributed by atoms with Gasteiger partial charge < -0.3 is 4.52 Å². The fraction of sp³-hybridized carbons (Fsp3) is 0.231. The first-order valence-corrected chi connectivity index (χ1v) is 7.40. The second-order valence-electron chi connectivity index (χ2n) is 4.37. The Balaban J connectivity index is 1.73. The fourth-order valence-electron chi connectivity index (χ4n) is 1.80. The molecule has 0 fully saturated rings. The molecule has 0 bridgehead atoms. The van der Waals surface area contributed by atoms with E-state index in [-0.39, 0.29) is 5.82 Å². The number of alkyl halides is 1. The van der Waals surface area contributed by atoms with Gasteiger partial charge >= 0.3 is 0 Å². The monoisotopic (exact) mass is 351 g/mol. The minimum atomic E-state index is -0.301. The van der Waals surface area contributed by atoms with Crippen molar-refractivity contribution in [1.82, 2.24) is 25.1 Å². The second kappa shape index (κ2) is 6.13. The van der Waals surface area contributed by atoms with Gasteiger partial charge in [-0.25, -0.2) is 9.07 Å². The molecule has 2 heterocycles. The molecule has 0 aliphatic carbocycles. The summed E-state index contributed by atoms with van der Waals surface area (Å²) in [6.07, 6.45) is 2.65. The van der Waals surface area contributed by atoms with E-state index in [4.69, 9.17) is 4.52 Å². The van der Waals surface area contributed by atoms with Crippen molar-refractivity contribution in [3.63, 3.8) is 0 Å². The number of nitrogens with zero attached hydrogens (tertiary/aromatic N) is 5. The largest absolute Gasteiger partial charge is 0.337 e. The molecule has 0 radical (unpaired) electrons. The molecule has 0 unspecified atom stereocenters. The van der Waals surface area contributed by atoms with E-state index in [0.29, 0.717) is 23.8 Å². The van der Waals surface area contributed by atoms with Crippen molar-refractivity contribution >= 4 is 15.9 Å². The van der Waals surface area contributed by atoms with Crippen molar-refractivity contribution in [2.45, 2.75) is 13.0 Å². The van der Waals surface area contributed by atoms with Gasteiger partial charge in [0.25, 0.3) is 0 Å². The minimum Gasteiger partial charge on any atom is -0.337 e. The molecule has 21 heavy (non-hydrogen) atoms. The van der Waals surface area contributed by atoms with Gasteiger partial charge in [0.2, 0.25) is 11.7 Å². The van der Waals surface area contributed by atoms with E-state index in [0.717, 1.165) is 17.4 Å². The van der Waals surface area contributed by atoms with Gasteiger partial charge in [-0.2, -0.15) is 4.98 Å². The molecule has 2 aromatic heterocycles. The summed E-state index contributed by atoms with van der Waals surface area (Å²) in [5.74, 6) is 0.541. The summed E-state index contributed by atoms with van der Waals surface area (Å²) in [5.41, 5.74) is 1.59. The van der Waals surface area contributed by atoms with Gasteiger partial charge in [-0.05, 0) is 24.3 Å². The average molecular weight is 352 g/mol. The third-order valence-corrected chi connectivity index (χ3v) is 3.20. The normalized spacial score (nSPS) is 11.0. The molecule has 0 spiro atoms. The Hall–Kier alpha value is -2.09. The van der Waals surface area contributed by atoms with Crippen molar-refractivity contribution in [1.29, 1.82) is 0 Å². The van der Waals surface area contributed by atoms with Crippen molar-refractivity contribution in [3.8, 4) is 11.4 Å². The van der Waals surface area contributed by atoms with Crippen LogP contribution in [-0.2, 0) is 13.0 Å². The van der Waals surface area contributed by atoms with E-state index < -0.39 is 0 Å². The summed E-state index contributed by atoms with van der Waals surface area (Å²) in [5, 5.41) is 12.7. The first-order chi connectivity index (χ1) is 10.2. The van der Waals surface area contributed by atoms with Crippen LogP contribution < -0.4 is 0 Å². The van der Waals surface area contributed by atoms with Gasteiger partial charge in [-0.15, -0.1) is 5.10 Å². The van der Waals surface area contributed by atoms with Crippen LogP contribution in [0.1, 0.15) is 11.6 Å². The van der Waals surface area contributed by atoms with Crippen molar-refractivity contribution in [3.05, 3.63) is 47.9 Å². The second-order valence-corrected chi connectivity index (χ2v) is 5.16. The van der Waals surface area contributed by atoms with Crippen LogP contribution in [0.3, 0.4) is 0 Å². The van der Waals surface area contributed by atoms with Gasteiger partial charge in [-0.3, -0.25) is 0 Å². The molecule has 8 heteroatoms. The van der Waals surface area contributed by atoms with Gasteiger partial charge in [0, 0.05) is 23.5 Å². The molecule has 108 valence electrons. The Kier molecular flexibility index (Phi) is 4.05. The van der Waals surface area contributed by atoms with Crippen LogP contribution in [0.2, 0.25) is 0 Å². The maximum Gasteiger partial charge on any atom is 0.248 e. The molecular weight excluding hydrogens is 341 g/mol. The first-order valence-electron chi connectivity index (χ1n) is 6.28. The van der Waals surface area contributed by atoms with Gasteiger partial charge in [0.1, 0.15) is 12.4 Å². The SMILES string of the molecule is Fc1ccc(-c2noc(Cn3cc(CCBr)nn3)n2)cc1. The number of benzene rings is 1. The molecule has 0 N–H and O–H groups in total. The minimum absolute atomic E-state index is 0.301. The third kappa shape index (κ3) is 3.33. The molecular formula is C13H11BrFN5O. The van der Waals surface area contributed by atoms with E-state index in [9.17, 15) is 4.39 Å². The molecule has 0 amide bonds. The Morgan fingerprint density at radius 2 is 2.05 bits per heavy atom. The quantitative estimate of drug-likeness (QED) is 0.660. The zero-order chi connectivity index (χ0) is 14.7. The van der Waals surface area contributed by atoms with Crippen LogP contribution in [0, 0.1) is 5.82 Å². The molecule has 0 aliphatic heterocycles. The molecule has 3 rings (SSSR count). The Morgan fingerprint density at radius 3 is 2.81 bits per heavy atom. The highest BCUT2D eigenvalue weighted by Crippen LogP contribution is 2.16. The third-order valence-electron chi connectivity index (χ3n) is 2.80. The predicted molar refractivity (Wildman–Crippen MR) is 76.3 cm³/mol. The lowest BCUT2D eigenvalue weighted by Gasteiger charge is -1.93. The van der Waals surface area contributed by atoms with E-state index in [2.05, 4.69) is 36.4 Å². The van der Waals surface area contributed by atoms with Crippen LogP contribution in [0.5, 0.6) is 0 Å². The summed E-state index contributed by atoms with van der Waals surface area (Å²) < 4.78 is 19.7. The van der Waals surface area contributed by atoms with Gasteiger partial charge in [0.05, 0.1) is 5.69 Å². The van der Waals surface area contributed by atoms with E-state index >= 15 is 0 Å². The molecule has 0 atom stereocenters. The molecule has 3 aromatic rings. The standard InChI is InChI=1S/C13H11BrFN5O/c14-6-5-11-7-20(19-17-11)8-12-16-13(18-21-12)9-1-3-10(15)4-2-9/h1-4,7H,5-6,8H2. The topological polar surface area (TPSA) is 69.6 Å². The lowest BCUT2D eigenvalue weighted by Crippen LogP contribution is -2.00. The summed E-state index contributed by atoms with van der Waals surface area (Å²) in [7, 11) is 0. The summed E-state index contributed by atoms with van der Waals surface area (Å²) >= 11 is 3.35. The molecule has 1 aromatic carbocycles. The molecule has 0 aliphatic rings. The maximum absolute atomic E-state index is 12.9. The summed E-state index contributed by atoms with van der Waals surface area (Å²) in [4.78, 5) is 4.26. The number of hydrogen-bond donors (Lipinski definition) is 0. The number of aryl methyl sites for hydroxylation is 1. The number of aromatic nitrogens is 5. The van der Waals surface area contributed by atoms with Crippen molar-refractivity contribution < 1.29 is 8.91 Å². The molecule has 0 saturated carbocycles. The van der Waals surface area contributed by atoms with Crippen molar-refractivity contribution in [2.75, 3.05) is 5.33 Å². The van der Waals surface area contributed by atoms with Crippen LogP contribution in [0.25, 0.3) is 11.4 Å². The molecule has 0 saturated heterocycles. The highest BCUT2D eigenvalue weighted by molar-refractivity contribution is 9.09. The van der Waals surface area contributed by atoms with Gasteiger partial charge in [-0.1, -0.05) is 26.3 Å². The highest BCUT2D eigenvalue weighted by Gasteiger charge is 2.10. The van der Waals surface area contributed by atoms with Crippen molar-refractivity contribution in [2.24, 2.45) is 0 Å². The number of rotatable bonds is 5. The maximum atomic E-state index is 12.9. The number of hydrogen-bond acceptors (Lipinski definition) is 5. The molecule has 6 nitrogen and oxygen atoms in total. The van der Waals surface area contributed by atoms with E-state index in [1.54, 1.807) is 16.8 Å². The summed E-state index contributed by atoms with van der Waals surface area (Å²) in [6.45, 7) is 0.351. The number of halogens is 2. The Labute approximate surface area is 128 Å². The Bertz CT molecular complexity index is 724. The van der Waals surface area contributed by atoms with E-state index in [1.165, 1.54) is 12.1 Å². The highest BCUT2D eigenvalue weighted by atomic mass is 79.9. The lowest BCUT2D eigenvalue weighted by molar-refractivity contribution is 0.364. The predicted octanol–water partition coefficient (Wildman–Crippen LogP) is 2.45. The van der Waals surface area contributed by atoms with E-state index in [1.807, 2.05) is 6.20 Å². The first kappa shape index (κ1) is 13.9. The van der Waals surface area contributed by atoms with Crippen LogP contribution >= 0.6 is 15.9 Å².